The number of benzene rings is 2. The summed E-state index contributed by atoms with van der Waals surface area (Å²) in [7, 11) is 0. The van der Waals surface area contributed by atoms with E-state index in [0.29, 0.717) is 42.4 Å². The SMILES string of the molecule is CC(C)(C)OC(=O)Cc1nc2c(-c3c(Cl)cc4c(N5CCN(C(=O)OC(C)(C)C)CC5)ncnc4c3F)ccc(F)c2s1. The summed E-state index contributed by atoms with van der Waals surface area (Å²) in [6.45, 7) is 12.4. The number of esters is 1. The number of anilines is 1. The molecule has 0 spiro atoms. The Morgan fingerprint density at radius 2 is 1.65 bits per heavy atom. The van der Waals surface area contributed by atoms with Crippen molar-refractivity contribution < 1.29 is 27.8 Å². The molecule has 0 aliphatic carbocycles. The van der Waals surface area contributed by atoms with Crippen molar-refractivity contribution in [2.24, 2.45) is 0 Å². The molecule has 2 aromatic carbocycles. The number of hydrogen-bond donors (Lipinski definition) is 0. The first kappa shape index (κ1) is 30.8. The number of amides is 1. The van der Waals surface area contributed by atoms with Gasteiger partial charge in [0.05, 0.1) is 21.7 Å². The number of carbonyl (C=O) groups excluding carboxylic acids is 2. The summed E-state index contributed by atoms with van der Waals surface area (Å²) in [5, 5.41) is 0.813. The number of hydrogen-bond acceptors (Lipinski definition) is 9. The van der Waals surface area contributed by atoms with Crippen molar-refractivity contribution in [2.75, 3.05) is 31.1 Å². The molecular weight excluding hydrogens is 600 g/mol. The summed E-state index contributed by atoms with van der Waals surface area (Å²) in [4.78, 5) is 41.6. The Balaban J connectivity index is 1.48. The van der Waals surface area contributed by atoms with Crippen molar-refractivity contribution in [2.45, 2.75) is 59.2 Å². The van der Waals surface area contributed by atoms with Crippen LogP contribution in [-0.2, 0) is 20.7 Å². The molecule has 1 aliphatic heterocycles. The Labute approximate surface area is 256 Å². The van der Waals surface area contributed by atoms with E-state index < -0.39 is 28.8 Å². The average molecular weight is 632 g/mol. The minimum Gasteiger partial charge on any atom is -0.460 e. The summed E-state index contributed by atoms with van der Waals surface area (Å²) in [5.74, 6) is -1.26. The number of rotatable bonds is 4. The predicted molar refractivity (Wildman–Crippen MR) is 163 cm³/mol. The number of halogens is 3. The van der Waals surface area contributed by atoms with Crippen LogP contribution in [0.1, 0.15) is 46.6 Å². The van der Waals surface area contributed by atoms with Gasteiger partial charge in [-0.1, -0.05) is 11.6 Å². The fourth-order valence-electron chi connectivity index (χ4n) is 4.84. The quantitative estimate of drug-likeness (QED) is 0.227. The first-order valence-electron chi connectivity index (χ1n) is 13.8. The van der Waals surface area contributed by atoms with Crippen molar-refractivity contribution in [3.63, 3.8) is 0 Å². The van der Waals surface area contributed by atoms with E-state index in [-0.39, 0.29) is 44.4 Å². The summed E-state index contributed by atoms with van der Waals surface area (Å²) in [6.07, 6.45) is 0.738. The molecule has 0 saturated carbocycles. The molecule has 0 unspecified atom stereocenters. The van der Waals surface area contributed by atoms with Crippen LogP contribution in [-0.4, -0.2) is 69.3 Å². The maximum atomic E-state index is 16.3. The molecule has 0 N–H and O–H groups in total. The molecule has 13 heteroatoms. The summed E-state index contributed by atoms with van der Waals surface area (Å²) in [5.41, 5.74) is -0.751. The van der Waals surface area contributed by atoms with Gasteiger partial charge in [0.15, 0.2) is 5.82 Å². The van der Waals surface area contributed by atoms with Crippen molar-refractivity contribution in [1.29, 1.82) is 0 Å². The van der Waals surface area contributed by atoms with E-state index in [1.165, 1.54) is 18.5 Å². The van der Waals surface area contributed by atoms with Crippen LogP contribution in [0.3, 0.4) is 0 Å². The molecule has 0 bridgehead atoms. The number of carbonyl (C=O) groups is 2. The van der Waals surface area contributed by atoms with Crippen molar-refractivity contribution >= 4 is 61.9 Å². The summed E-state index contributed by atoms with van der Waals surface area (Å²) in [6, 6.07) is 4.24. The molecular formula is C30H32ClF2N5O4S. The summed E-state index contributed by atoms with van der Waals surface area (Å²) < 4.78 is 42.1. The lowest BCUT2D eigenvalue weighted by atomic mass is 10.0. The normalized spacial score (nSPS) is 14.4. The highest BCUT2D eigenvalue weighted by molar-refractivity contribution is 7.18. The van der Waals surface area contributed by atoms with Gasteiger partial charge in [-0.2, -0.15) is 0 Å². The van der Waals surface area contributed by atoms with Gasteiger partial charge >= 0.3 is 12.1 Å². The van der Waals surface area contributed by atoms with Crippen LogP contribution in [0.25, 0.3) is 32.2 Å². The molecule has 228 valence electrons. The average Bonchev–Trinajstić information content (AvgIpc) is 3.32. The molecule has 2 aromatic heterocycles. The number of aromatic nitrogens is 3. The molecule has 43 heavy (non-hydrogen) atoms. The van der Waals surface area contributed by atoms with Crippen molar-refractivity contribution in [3.8, 4) is 11.1 Å². The largest absolute Gasteiger partial charge is 0.460 e. The first-order valence-corrected chi connectivity index (χ1v) is 15.0. The van der Waals surface area contributed by atoms with E-state index in [2.05, 4.69) is 15.0 Å². The van der Waals surface area contributed by atoms with Crippen LogP contribution in [0.4, 0.5) is 19.4 Å². The van der Waals surface area contributed by atoms with Crippen LogP contribution in [0.5, 0.6) is 0 Å². The van der Waals surface area contributed by atoms with E-state index in [1.807, 2.05) is 25.7 Å². The van der Waals surface area contributed by atoms with E-state index in [1.54, 1.807) is 31.7 Å². The highest BCUT2D eigenvalue weighted by Crippen LogP contribution is 2.42. The molecule has 4 aromatic rings. The van der Waals surface area contributed by atoms with Crippen LogP contribution in [0.15, 0.2) is 24.5 Å². The van der Waals surface area contributed by atoms with Crippen molar-refractivity contribution in [1.82, 2.24) is 19.9 Å². The highest BCUT2D eigenvalue weighted by Gasteiger charge is 2.29. The summed E-state index contributed by atoms with van der Waals surface area (Å²) >= 11 is 7.72. The van der Waals surface area contributed by atoms with Gasteiger partial charge in [0, 0.05) is 42.7 Å². The number of piperazine rings is 1. The van der Waals surface area contributed by atoms with Gasteiger partial charge in [0.1, 0.15) is 39.7 Å². The maximum absolute atomic E-state index is 16.3. The molecule has 1 aliphatic rings. The van der Waals surface area contributed by atoms with Crippen LogP contribution < -0.4 is 4.90 Å². The van der Waals surface area contributed by atoms with Crippen LogP contribution in [0, 0.1) is 11.6 Å². The number of ether oxygens (including phenoxy) is 2. The molecule has 1 saturated heterocycles. The zero-order chi connectivity index (χ0) is 31.3. The van der Waals surface area contributed by atoms with Gasteiger partial charge < -0.3 is 19.3 Å². The van der Waals surface area contributed by atoms with Gasteiger partial charge in [0.2, 0.25) is 0 Å². The molecule has 5 rings (SSSR count). The van der Waals surface area contributed by atoms with Crippen LogP contribution >= 0.6 is 22.9 Å². The van der Waals surface area contributed by atoms with E-state index in [9.17, 15) is 14.0 Å². The zero-order valence-electron chi connectivity index (χ0n) is 24.8. The van der Waals surface area contributed by atoms with Gasteiger partial charge in [-0.3, -0.25) is 4.79 Å². The lowest BCUT2D eigenvalue weighted by Gasteiger charge is -2.36. The second-order valence-corrected chi connectivity index (χ2v) is 13.7. The van der Waals surface area contributed by atoms with Gasteiger partial charge in [0.25, 0.3) is 0 Å². The lowest BCUT2D eigenvalue weighted by Crippen LogP contribution is -2.50. The zero-order valence-corrected chi connectivity index (χ0v) is 26.3. The Morgan fingerprint density at radius 3 is 2.30 bits per heavy atom. The third-order valence-electron chi connectivity index (χ3n) is 6.56. The van der Waals surface area contributed by atoms with Gasteiger partial charge in [-0.05, 0) is 59.7 Å². The van der Waals surface area contributed by atoms with E-state index in [4.69, 9.17) is 21.1 Å². The Hall–Kier alpha value is -3.64. The first-order chi connectivity index (χ1) is 20.1. The minimum atomic E-state index is -0.701. The third kappa shape index (κ3) is 6.65. The number of fused-ring (bicyclic) bond motifs is 2. The standard InChI is InChI=1S/C30H32ClF2N5O4S/c1-29(2,3)41-21(39)14-20-36-25-16(7-8-19(32)26(25)43-20)22-18(31)13-17-24(23(22)33)34-15-35-27(17)37-9-11-38(12-10-37)28(40)42-30(4,5)6/h7-8,13,15H,9-12,14H2,1-6H3. The van der Waals surface area contributed by atoms with E-state index in [0.717, 1.165) is 11.3 Å². The number of nitrogens with zero attached hydrogens (tertiary/aromatic N) is 5. The monoisotopic (exact) mass is 631 g/mol. The van der Waals surface area contributed by atoms with Crippen LogP contribution in [0.2, 0.25) is 5.02 Å². The third-order valence-corrected chi connectivity index (χ3v) is 7.92. The Kier molecular flexibility index (Phi) is 8.21. The number of thiazole rings is 1. The van der Waals surface area contributed by atoms with E-state index >= 15 is 4.39 Å². The molecule has 1 amide bonds. The molecule has 1 fully saturated rings. The Morgan fingerprint density at radius 1 is 0.977 bits per heavy atom. The second kappa shape index (κ2) is 11.5. The predicted octanol–water partition coefficient (Wildman–Crippen LogP) is 6.78. The second-order valence-electron chi connectivity index (χ2n) is 12.2. The van der Waals surface area contributed by atoms with Gasteiger partial charge in [-0.25, -0.2) is 28.5 Å². The lowest BCUT2D eigenvalue weighted by molar-refractivity contribution is -0.153. The maximum Gasteiger partial charge on any atom is 0.410 e. The van der Waals surface area contributed by atoms with Gasteiger partial charge in [-0.15, -0.1) is 11.3 Å². The fourth-order valence-corrected chi connectivity index (χ4v) is 6.12. The molecule has 3 heterocycles. The molecule has 0 radical (unpaired) electrons. The topological polar surface area (TPSA) is 97.8 Å². The molecule has 0 atom stereocenters. The Bertz CT molecular complexity index is 1730. The van der Waals surface area contributed by atoms with Crippen molar-refractivity contribution in [3.05, 3.63) is 46.2 Å². The fraction of sp³-hybridized carbons (Fsp3) is 0.433. The minimum absolute atomic E-state index is 0.0210. The highest BCUT2D eigenvalue weighted by atomic mass is 35.5. The molecule has 9 nitrogen and oxygen atoms in total. The smallest absolute Gasteiger partial charge is 0.410 e.